The Morgan fingerprint density at radius 1 is 1.33 bits per heavy atom. The van der Waals surface area contributed by atoms with Crippen molar-refractivity contribution >= 4 is 33.7 Å². The fourth-order valence-electron chi connectivity index (χ4n) is 1.81. The zero-order valence-corrected chi connectivity index (χ0v) is 14.3. The molecule has 0 heterocycles. The first-order valence-electron chi connectivity index (χ1n) is 6.91. The molecule has 1 N–H and O–H groups in total. The number of nitro benzene ring substituents is 1. The first kappa shape index (κ1) is 17.6. The predicted octanol–water partition coefficient (Wildman–Crippen LogP) is 3.19. The second-order valence-electron chi connectivity index (χ2n) is 4.84. The molecule has 0 aliphatic rings. The highest BCUT2D eigenvalue weighted by Gasteiger charge is 2.05. The van der Waals surface area contributed by atoms with Crippen LogP contribution in [-0.2, 0) is 4.79 Å². The Morgan fingerprint density at radius 2 is 2.04 bits per heavy atom. The summed E-state index contributed by atoms with van der Waals surface area (Å²) in [6, 6.07) is 11.3. The van der Waals surface area contributed by atoms with Crippen molar-refractivity contribution in [2.75, 3.05) is 6.61 Å². The third-order valence-electron chi connectivity index (χ3n) is 3.00. The molecule has 0 aliphatic carbocycles. The van der Waals surface area contributed by atoms with Gasteiger partial charge >= 0.3 is 0 Å². The lowest BCUT2D eigenvalue weighted by molar-refractivity contribution is -0.384. The second kappa shape index (κ2) is 8.21. The number of hydrazone groups is 1. The highest BCUT2D eigenvalue weighted by atomic mass is 79.9. The van der Waals surface area contributed by atoms with Gasteiger partial charge in [-0.05, 0) is 48.4 Å². The van der Waals surface area contributed by atoms with Crippen LogP contribution in [0.25, 0.3) is 0 Å². The maximum Gasteiger partial charge on any atom is 0.277 e. The summed E-state index contributed by atoms with van der Waals surface area (Å²) in [5, 5.41) is 14.3. The van der Waals surface area contributed by atoms with E-state index in [1.165, 1.54) is 30.5 Å². The molecule has 2 rings (SSSR count). The minimum absolute atomic E-state index is 0.00514. The maximum atomic E-state index is 11.7. The maximum absolute atomic E-state index is 11.7. The molecule has 0 saturated heterocycles. The summed E-state index contributed by atoms with van der Waals surface area (Å²) >= 11 is 3.35. The molecule has 0 unspecified atom stereocenters. The summed E-state index contributed by atoms with van der Waals surface area (Å²) in [7, 11) is 0. The fourth-order valence-corrected chi connectivity index (χ4v) is 2.29. The normalized spacial score (nSPS) is 10.6. The minimum atomic E-state index is -0.482. The number of benzene rings is 2. The van der Waals surface area contributed by atoms with E-state index in [1.807, 2.05) is 19.1 Å². The van der Waals surface area contributed by atoms with Crippen LogP contribution >= 0.6 is 15.9 Å². The van der Waals surface area contributed by atoms with Crippen LogP contribution in [0.5, 0.6) is 5.75 Å². The monoisotopic (exact) mass is 391 g/mol. The number of carbonyl (C=O) groups excluding carboxylic acids is 1. The highest BCUT2D eigenvalue weighted by molar-refractivity contribution is 9.10. The number of nitro groups is 1. The zero-order chi connectivity index (χ0) is 17.5. The summed E-state index contributed by atoms with van der Waals surface area (Å²) in [5.74, 6) is 0.211. The SMILES string of the molecule is Cc1cc(Br)ccc1OCC(=O)N/N=C/c1ccc([N+](=O)[O-])cc1. The quantitative estimate of drug-likeness (QED) is 0.464. The van der Waals surface area contributed by atoms with Crippen molar-refractivity contribution in [1.29, 1.82) is 0 Å². The number of nitrogens with zero attached hydrogens (tertiary/aromatic N) is 2. The van der Waals surface area contributed by atoms with Gasteiger partial charge in [-0.15, -0.1) is 0 Å². The van der Waals surface area contributed by atoms with Gasteiger partial charge in [0.15, 0.2) is 6.61 Å². The van der Waals surface area contributed by atoms with Crippen LogP contribution < -0.4 is 10.2 Å². The molecule has 7 nitrogen and oxygen atoms in total. The first-order chi connectivity index (χ1) is 11.5. The lowest BCUT2D eigenvalue weighted by Crippen LogP contribution is -2.24. The molecule has 0 atom stereocenters. The Bertz CT molecular complexity index is 775. The third kappa shape index (κ3) is 5.17. The zero-order valence-electron chi connectivity index (χ0n) is 12.7. The number of halogens is 1. The first-order valence-corrected chi connectivity index (χ1v) is 7.70. The summed E-state index contributed by atoms with van der Waals surface area (Å²) in [6.07, 6.45) is 1.40. The molecule has 2 aromatic rings. The average Bonchev–Trinajstić information content (AvgIpc) is 2.54. The van der Waals surface area contributed by atoms with Crippen molar-refractivity contribution in [3.05, 3.63) is 68.2 Å². The van der Waals surface area contributed by atoms with Gasteiger partial charge in [-0.3, -0.25) is 14.9 Å². The van der Waals surface area contributed by atoms with Gasteiger partial charge in [0, 0.05) is 16.6 Å². The van der Waals surface area contributed by atoms with Gasteiger partial charge in [0.1, 0.15) is 5.75 Å². The lowest BCUT2D eigenvalue weighted by atomic mass is 10.2. The Morgan fingerprint density at radius 3 is 2.67 bits per heavy atom. The summed E-state index contributed by atoms with van der Waals surface area (Å²) in [4.78, 5) is 21.7. The molecule has 8 heteroatoms. The summed E-state index contributed by atoms with van der Waals surface area (Å²) in [5.41, 5.74) is 3.87. The van der Waals surface area contributed by atoms with Crippen molar-refractivity contribution in [2.24, 2.45) is 5.10 Å². The molecule has 0 aliphatic heterocycles. The molecule has 124 valence electrons. The number of hydrogen-bond donors (Lipinski definition) is 1. The van der Waals surface area contributed by atoms with E-state index < -0.39 is 10.8 Å². The molecule has 0 aromatic heterocycles. The van der Waals surface area contributed by atoms with Gasteiger partial charge in [0.05, 0.1) is 11.1 Å². The largest absolute Gasteiger partial charge is 0.483 e. The number of rotatable bonds is 6. The van der Waals surface area contributed by atoms with Crippen molar-refractivity contribution in [3.63, 3.8) is 0 Å². The molecular formula is C16H14BrN3O4. The lowest BCUT2D eigenvalue weighted by Gasteiger charge is -2.08. The van der Waals surface area contributed by atoms with Crippen molar-refractivity contribution < 1.29 is 14.5 Å². The van der Waals surface area contributed by atoms with Crippen molar-refractivity contribution in [1.82, 2.24) is 5.43 Å². The van der Waals surface area contributed by atoms with Gasteiger partial charge in [0.2, 0.25) is 0 Å². The number of non-ortho nitro benzene ring substituents is 1. The van der Waals surface area contributed by atoms with Gasteiger partial charge in [-0.25, -0.2) is 5.43 Å². The van der Waals surface area contributed by atoms with Crippen LogP contribution in [0.2, 0.25) is 0 Å². The molecule has 0 fully saturated rings. The smallest absolute Gasteiger partial charge is 0.277 e. The minimum Gasteiger partial charge on any atom is -0.483 e. The number of amides is 1. The topological polar surface area (TPSA) is 93.8 Å². The van der Waals surface area contributed by atoms with E-state index in [1.54, 1.807) is 6.07 Å². The van der Waals surface area contributed by atoms with Crippen molar-refractivity contribution in [2.45, 2.75) is 6.92 Å². The van der Waals surface area contributed by atoms with E-state index in [0.29, 0.717) is 11.3 Å². The van der Waals surface area contributed by atoms with E-state index in [-0.39, 0.29) is 12.3 Å². The second-order valence-corrected chi connectivity index (χ2v) is 5.76. The van der Waals surface area contributed by atoms with Crippen LogP contribution in [0.4, 0.5) is 5.69 Å². The van der Waals surface area contributed by atoms with E-state index in [0.717, 1.165) is 10.0 Å². The van der Waals surface area contributed by atoms with Crippen molar-refractivity contribution in [3.8, 4) is 5.75 Å². The molecular weight excluding hydrogens is 378 g/mol. The van der Waals surface area contributed by atoms with Crippen LogP contribution in [0.3, 0.4) is 0 Å². The summed E-state index contributed by atoms with van der Waals surface area (Å²) in [6.45, 7) is 1.71. The number of nitrogens with one attached hydrogen (secondary N) is 1. The highest BCUT2D eigenvalue weighted by Crippen LogP contribution is 2.21. The van der Waals surface area contributed by atoms with E-state index in [2.05, 4.69) is 26.5 Å². The average molecular weight is 392 g/mol. The number of carbonyl (C=O) groups is 1. The fraction of sp³-hybridized carbons (Fsp3) is 0.125. The molecule has 24 heavy (non-hydrogen) atoms. The Balaban J connectivity index is 1.83. The van der Waals surface area contributed by atoms with E-state index >= 15 is 0 Å². The Hall–Kier alpha value is -2.74. The van der Waals surface area contributed by atoms with E-state index in [9.17, 15) is 14.9 Å². The number of ether oxygens (including phenoxy) is 1. The number of hydrogen-bond acceptors (Lipinski definition) is 5. The molecule has 0 spiro atoms. The molecule has 0 radical (unpaired) electrons. The Kier molecular flexibility index (Phi) is 6.02. The molecule has 1 amide bonds. The standard InChI is InChI=1S/C16H14BrN3O4/c1-11-8-13(17)4-7-15(11)24-10-16(21)19-18-9-12-2-5-14(6-3-12)20(22)23/h2-9H,10H2,1H3,(H,19,21)/b18-9+. The molecule has 2 aromatic carbocycles. The van der Waals surface area contributed by atoms with E-state index in [4.69, 9.17) is 4.74 Å². The Labute approximate surface area is 146 Å². The third-order valence-corrected chi connectivity index (χ3v) is 3.50. The molecule has 0 saturated carbocycles. The van der Waals surface area contributed by atoms with Crippen LogP contribution in [0.1, 0.15) is 11.1 Å². The van der Waals surface area contributed by atoms with Gasteiger partial charge in [-0.1, -0.05) is 15.9 Å². The van der Waals surface area contributed by atoms with Crippen LogP contribution in [0, 0.1) is 17.0 Å². The summed E-state index contributed by atoms with van der Waals surface area (Å²) < 4.78 is 6.35. The van der Waals surface area contributed by atoms with Crippen LogP contribution in [-0.4, -0.2) is 23.7 Å². The van der Waals surface area contributed by atoms with Gasteiger partial charge in [0.25, 0.3) is 11.6 Å². The van der Waals surface area contributed by atoms with Gasteiger partial charge in [-0.2, -0.15) is 5.10 Å². The van der Waals surface area contributed by atoms with Gasteiger partial charge < -0.3 is 4.74 Å². The number of aryl methyl sites for hydroxylation is 1. The van der Waals surface area contributed by atoms with Crippen LogP contribution in [0.15, 0.2) is 52.0 Å². The predicted molar refractivity (Wildman–Crippen MR) is 93.2 cm³/mol. The molecule has 0 bridgehead atoms.